The Labute approximate surface area is 168 Å². The van der Waals surface area contributed by atoms with E-state index in [1.807, 2.05) is 43.3 Å². The number of nitrogens with zero attached hydrogens (tertiary/aromatic N) is 5. The summed E-state index contributed by atoms with van der Waals surface area (Å²) in [6.45, 7) is 3.02. The summed E-state index contributed by atoms with van der Waals surface area (Å²) in [4.78, 5) is 18.4. The molecule has 0 amide bonds. The number of fused-ring (bicyclic) bond motifs is 1. The number of anilines is 1. The van der Waals surface area contributed by atoms with Crippen molar-refractivity contribution in [1.82, 2.24) is 24.5 Å². The first kappa shape index (κ1) is 18.8. The van der Waals surface area contributed by atoms with Gasteiger partial charge in [-0.2, -0.15) is 19.9 Å². The van der Waals surface area contributed by atoms with E-state index in [1.54, 1.807) is 11.7 Å². The van der Waals surface area contributed by atoms with Crippen LogP contribution in [0, 0.1) is 0 Å². The monoisotopic (exact) mass is 389 g/mol. The Bertz CT molecular complexity index is 1120. The van der Waals surface area contributed by atoms with Crippen LogP contribution >= 0.6 is 0 Å². The molecule has 3 N–H and O–H groups in total. The number of hydrogen-bond acceptors (Lipinski definition) is 7. The molecule has 0 spiro atoms. The number of rotatable bonds is 7. The van der Waals surface area contributed by atoms with Crippen molar-refractivity contribution in [3.8, 4) is 12.0 Å². The van der Waals surface area contributed by atoms with Crippen molar-refractivity contribution in [3.63, 3.8) is 0 Å². The first-order valence-corrected chi connectivity index (χ1v) is 9.51. The van der Waals surface area contributed by atoms with Crippen LogP contribution in [0.25, 0.3) is 17.0 Å². The maximum Gasteiger partial charge on any atom is 0.304 e. The van der Waals surface area contributed by atoms with Crippen LogP contribution in [0.3, 0.4) is 0 Å². The molecule has 8 heteroatoms. The topological polar surface area (TPSA) is 104 Å². The number of aromatic nitrogens is 5. The van der Waals surface area contributed by atoms with Crippen LogP contribution < -0.4 is 15.8 Å². The van der Waals surface area contributed by atoms with Crippen LogP contribution in [0.15, 0.2) is 48.5 Å². The number of aryl methyl sites for hydroxylation is 1. The Morgan fingerprint density at radius 1 is 1.00 bits per heavy atom. The van der Waals surface area contributed by atoms with Crippen molar-refractivity contribution in [2.24, 2.45) is 5.73 Å². The maximum absolute atomic E-state index is 5.88. The lowest BCUT2D eigenvalue weighted by molar-refractivity contribution is 0.374. The summed E-state index contributed by atoms with van der Waals surface area (Å²) in [6, 6.07) is 16.4. The highest BCUT2D eigenvalue weighted by Gasteiger charge is 2.18. The molecule has 0 aliphatic carbocycles. The number of hydrogen-bond donors (Lipinski definition) is 2. The fourth-order valence-electron chi connectivity index (χ4n) is 3.15. The van der Waals surface area contributed by atoms with Crippen LogP contribution in [0.5, 0.6) is 6.01 Å². The number of benzene rings is 2. The second kappa shape index (κ2) is 8.24. The van der Waals surface area contributed by atoms with E-state index in [9.17, 15) is 0 Å². The van der Waals surface area contributed by atoms with Gasteiger partial charge in [-0.3, -0.25) is 0 Å². The van der Waals surface area contributed by atoms with Gasteiger partial charge >= 0.3 is 6.01 Å². The van der Waals surface area contributed by atoms with Gasteiger partial charge in [-0.15, -0.1) is 0 Å². The fraction of sp³-hybridized carbons (Fsp3) is 0.238. The lowest BCUT2D eigenvalue weighted by Crippen LogP contribution is -2.12. The second-order valence-electron chi connectivity index (χ2n) is 6.49. The van der Waals surface area contributed by atoms with E-state index in [2.05, 4.69) is 37.4 Å². The minimum absolute atomic E-state index is 0.388. The zero-order valence-corrected chi connectivity index (χ0v) is 16.5. The number of methoxy groups -OCH3 is 1. The van der Waals surface area contributed by atoms with Crippen molar-refractivity contribution in [2.45, 2.75) is 26.4 Å². The van der Waals surface area contributed by atoms with Crippen molar-refractivity contribution in [3.05, 3.63) is 65.5 Å². The van der Waals surface area contributed by atoms with Gasteiger partial charge < -0.3 is 15.8 Å². The molecule has 2 heterocycles. The molecule has 0 fully saturated rings. The molecule has 0 bridgehead atoms. The van der Waals surface area contributed by atoms with Crippen LogP contribution in [-0.4, -0.2) is 31.6 Å². The predicted octanol–water partition coefficient (Wildman–Crippen LogP) is 2.85. The molecule has 0 saturated heterocycles. The standard InChI is InChI=1S/C21H23N7O/c1-3-17-24-19(23-13-14-8-5-4-6-9-14)27-20(25-17)28-16-11-7-10-15(12-22)18(16)26-21(28)29-2/h4-11H,3,12-13,22H2,1-2H3,(H,23,24,25,27). The minimum Gasteiger partial charge on any atom is -0.468 e. The normalized spacial score (nSPS) is 11.0. The first-order chi connectivity index (χ1) is 14.2. The summed E-state index contributed by atoms with van der Waals surface area (Å²) in [5.41, 5.74) is 9.58. The lowest BCUT2D eigenvalue weighted by atomic mass is 10.2. The Morgan fingerprint density at radius 2 is 1.83 bits per heavy atom. The number of nitrogens with two attached hydrogens (primary N) is 1. The Morgan fingerprint density at radius 3 is 2.55 bits per heavy atom. The molecule has 29 heavy (non-hydrogen) atoms. The molecular formula is C21H23N7O. The highest BCUT2D eigenvalue weighted by molar-refractivity contribution is 5.81. The van der Waals surface area contributed by atoms with Gasteiger partial charge in [-0.05, 0) is 17.2 Å². The molecule has 0 aliphatic heterocycles. The van der Waals surface area contributed by atoms with Gasteiger partial charge in [-0.25, -0.2) is 4.57 Å². The maximum atomic E-state index is 5.88. The summed E-state index contributed by atoms with van der Waals surface area (Å²) in [5, 5.41) is 3.29. The molecule has 8 nitrogen and oxygen atoms in total. The Balaban J connectivity index is 1.78. The zero-order chi connectivity index (χ0) is 20.2. The van der Waals surface area contributed by atoms with Crippen molar-refractivity contribution in [2.75, 3.05) is 12.4 Å². The van der Waals surface area contributed by atoms with Crippen LogP contribution in [0.4, 0.5) is 5.95 Å². The van der Waals surface area contributed by atoms with Crippen molar-refractivity contribution in [1.29, 1.82) is 0 Å². The number of imidazole rings is 1. The summed E-state index contributed by atoms with van der Waals surface area (Å²) in [6.07, 6.45) is 0.679. The first-order valence-electron chi connectivity index (χ1n) is 9.51. The average Bonchev–Trinajstić information content (AvgIpc) is 3.17. The third-order valence-electron chi connectivity index (χ3n) is 4.62. The van der Waals surface area contributed by atoms with Crippen molar-refractivity contribution >= 4 is 17.0 Å². The van der Waals surface area contributed by atoms with E-state index in [0.29, 0.717) is 43.2 Å². The lowest BCUT2D eigenvalue weighted by Gasteiger charge is -2.11. The fourth-order valence-corrected chi connectivity index (χ4v) is 3.15. The van der Waals surface area contributed by atoms with E-state index in [1.165, 1.54) is 0 Å². The summed E-state index contributed by atoms with van der Waals surface area (Å²) >= 11 is 0. The highest BCUT2D eigenvalue weighted by Crippen LogP contribution is 2.27. The third kappa shape index (κ3) is 3.74. The highest BCUT2D eigenvalue weighted by atomic mass is 16.5. The zero-order valence-electron chi connectivity index (χ0n) is 16.5. The largest absolute Gasteiger partial charge is 0.468 e. The molecule has 0 unspecified atom stereocenters. The number of nitrogens with one attached hydrogen (secondary N) is 1. The van der Waals surface area contributed by atoms with Gasteiger partial charge in [-0.1, -0.05) is 49.4 Å². The molecule has 2 aromatic carbocycles. The van der Waals surface area contributed by atoms with Crippen molar-refractivity contribution < 1.29 is 4.74 Å². The summed E-state index contributed by atoms with van der Waals surface area (Å²) < 4.78 is 7.31. The van der Waals surface area contributed by atoms with Gasteiger partial charge in [0.1, 0.15) is 5.82 Å². The SMILES string of the molecule is CCc1nc(NCc2ccccc2)nc(-n2c(OC)nc3c(CN)cccc32)n1. The van der Waals surface area contributed by atoms with Crippen LogP contribution in [0.2, 0.25) is 0 Å². The number of ether oxygens (including phenoxy) is 1. The van der Waals surface area contributed by atoms with E-state index in [4.69, 9.17) is 10.5 Å². The van der Waals surface area contributed by atoms with Crippen LogP contribution in [-0.2, 0) is 19.5 Å². The molecule has 0 atom stereocenters. The Hall–Kier alpha value is -3.52. The van der Waals surface area contributed by atoms with Crippen LogP contribution in [0.1, 0.15) is 23.9 Å². The second-order valence-corrected chi connectivity index (χ2v) is 6.49. The molecule has 148 valence electrons. The number of para-hydroxylation sites is 1. The average molecular weight is 389 g/mol. The Kier molecular flexibility index (Phi) is 5.35. The quantitative estimate of drug-likeness (QED) is 0.501. The molecule has 4 rings (SSSR count). The molecule has 0 aliphatic rings. The minimum atomic E-state index is 0.388. The van der Waals surface area contributed by atoms with E-state index in [-0.39, 0.29) is 0 Å². The smallest absolute Gasteiger partial charge is 0.304 e. The molecular weight excluding hydrogens is 366 g/mol. The van der Waals surface area contributed by atoms with E-state index >= 15 is 0 Å². The third-order valence-corrected chi connectivity index (χ3v) is 4.62. The van der Waals surface area contributed by atoms with Gasteiger partial charge in [0.15, 0.2) is 0 Å². The summed E-state index contributed by atoms with van der Waals surface area (Å²) in [7, 11) is 1.58. The predicted molar refractivity (Wildman–Crippen MR) is 112 cm³/mol. The van der Waals surface area contributed by atoms with Gasteiger partial charge in [0, 0.05) is 19.5 Å². The van der Waals surface area contributed by atoms with E-state index < -0.39 is 0 Å². The summed E-state index contributed by atoms with van der Waals surface area (Å²) in [5.74, 6) is 1.65. The van der Waals surface area contributed by atoms with Gasteiger partial charge in [0.2, 0.25) is 11.9 Å². The molecule has 2 aromatic heterocycles. The molecule has 0 saturated carbocycles. The molecule has 4 aromatic rings. The van der Waals surface area contributed by atoms with Gasteiger partial charge in [0.25, 0.3) is 0 Å². The van der Waals surface area contributed by atoms with E-state index in [0.717, 1.165) is 22.2 Å². The molecule has 0 radical (unpaired) electrons. The van der Waals surface area contributed by atoms with Gasteiger partial charge in [0.05, 0.1) is 18.1 Å².